The maximum atomic E-state index is 14.9. The number of anilines is 5. The Morgan fingerprint density at radius 1 is 1.11 bits per heavy atom. The molecule has 1 spiro atoms. The Bertz CT molecular complexity index is 1270. The van der Waals surface area contributed by atoms with E-state index in [0.29, 0.717) is 28.2 Å². The van der Waals surface area contributed by atoms with Crippen molar-refractivity contribution in [2.24, 2.45) is 5.41 Å². The van der Waals surface area contributed by atoms with Crippen LogP contribution in [0.2, 0.25) is 0 Å². The first-order valence-electron chi connectivity index (χ1n) is 11.8. The van der Waals surface area contributed by atoms with Crippen molar-refractivity contribution in [2.75, 3.05) is 46.7 Å². The summed E-state index contributed by atoms with van der Waals surface area (Å²) >= 11 is 0. The highest BCUT2D eigenvalue weighted by molar-refractivity contribution is 5.82. The van der Waals surface area contributed by atoms with Crippen molar-refractivity contribution < 1.29 is 13.5 Å². The van der Waals surface area contributed by atoms with Crippen LogP contribution in [0.1, 0.15) is 20.8 Å². The van der Waals surface area contributed by atoms with Crippen LogP contribution in [0.4, 0.5) is 37.6 Å². The Kier molecular flexibility index (Phi) is 5.03. The molecule has 3 aromatic rings. The largest absolute Gasteiger partial charge is 0.380 e. The van der Waals surface area contributed by atoms with Crippen LogP contribution in [0.3, 0.4) is 0 Å². The number of fused-ring (bicyclic) bond motifs is 1. The van der Waals surface area contributed by atoms with Crippen LogP contribution < -0.4 is 20.4 Å². The van der Waals surface area contributed by atoms with Crippen molar-refractivity contribution in [1.29, 1.82) is 0 Å². The van der Waals surface area contributed by atoms with Gasteiger partial charge in [-0.2, -0.15) is 0 Å². The molecule has 0 saturated carbocycles. The molecule has 1 unspecified atom stereocenters. The van der Waals surface area contributed by atoms with Gasteiger partial charge < -0.3 is 25.2 Å². The fourth-order valence-corrected chi connectivity index (χ4v) is 5.20. The first kappa shape index (κ1) is 22.0. The van der Waals surface area contributed by atoms with Crippen LogP contribution >= 0.6 is 0 Å². The minimum absolute atomic E-state index is 0.0256. The first-order valence-corrected chi connectivity index (χ1v) is 11.8. The number of pyridine rings is 1. The summed E-state index contributed by atoms with van der Waals surface area (Å²) < 4.78 is 35.0. The summed E-state index contributed by atoms with van der Waals surface area (Å²) in [5, 5.41) is 6.19. The maximum Gasteiger partial charge on any atom is 0.229 e. The van der Waals surface area contributed by atoms with Gasteiger partial charge in [0, 0.05) is 24.7 Å². The fraction of sp³-hybridized carbons (Fsp3) is 0.400. The Labute approximate surface area is 202 Å². The predicted molar refractivity (Wildman–Crippen MR) is 131 cm³/mol. The second-order valence-electron chi connectivity index (χ2n) is 9.94. The summed E-state index contributed by atoms with van der Waals surface area (Å²) in [6.07, 6.45) is 2.81. The van der Waals surface area contributed by atoms with Gasteiger partial charge in [-0.05, 0) is 45.0 Å². The zero-order valence-electron chi connectivity index (χ0n) is 19.8. The van der Waals surface area contributed by atoms with E-state index in [0.717, 1.165) is 38.2 Å². The number of halogens is 2. The number of rotatable bonds is 5. The van der Waals surface area contributed by atoms with Crippen LogP contribution in [0.25, 0.3) is 11.3 Å². The second-order valence-corrected chi connectivity index (χ2v) is 9.94. The zero-order valence-corrected chi connectivity index (χ0v) is 19.8. The monoisotopic (exact) mass is 479 g/mol. The molecule has 6 rings (SSSR count). The van der Waals surface area contributed by atoms with Crippen LogP contribution in [-0.4, -0.2) is 53.5 Å². The molecule has 2 fully saturated rings. The van der Waals surface area contributed by atoms with E-state index >= 15 is 0 Å². The summed E-state index contributed by atoms with van der Waals surface area (Å²) in [4.78, 5) is 17.2. The van der Waals surface area contributed by atoms with Gasteiger partial charge in [0.2, 0.25) is 5.95 Å². The van der Waals surface area contributed by atoms with Gasteiger partial charge in [-0.15, -0.1) is 0 Å². The topological polar surface area (TPSA) is 78.4 Å². The third-order valence-corrected chi connectivity index (χ3v) is 6.91. The summed E-state index contributed by atoms with van der Waals surface area (Å²) in [7, 11) is 0. The van der Waals surface area contributed by atoms with E-state index in [1.165, 1.54) is 6.07 Å². The third kappa shape index (κ3) is 3.72. The molecule has 182 valence electrons. The number of hydrogen-bond acceptors (Lipinski definition) is 8. The molecule has 1 aromatic carbocycles. The van der Waals surface area contributed by atoms with Crippen molar-refractivity contribution in [3.63, 3.8) is 0 Å². The maximum absolute atomic E-state index is 14.9. The molecule has 1 atom stereocenters. The Hall–Kier alpha value is -3.53. The van der Waals surface area contributed by atoms with Crippen LogP contribution in [0.15, 0.2) is 36.7 Å². The summed E-state index contributed by atoms with van der Waals surface area (Å²) in [5.41, 5.74) is 2.85. The lowest BCUT2D eigenvalue weighted by molar-refractivity contribution is -0.127. The standard InChI is InChI=1S/C25H27F2N7O/c1-14(2)34-15(3)30-23-18(26)6-16(7-20(23)34)22-19(27)9-29-24(32-22)31-21-5-4-17(8-28-21)33-10-25(11-33)12-35-13-25/h4-9,14-15,30H,10-13H2,1-3H3,(H,28,29,31,32). The highest BCUT2D eigenvalue weighted by atomic mass is 19.1. The summed E-state index contributed by atoms with van der Waals surface area (Å²) in [6, 6.07) is 7.03. The van der Waals surface area contributed by atoms with Gasteiger partial charge in [-0.3, -0.25) is 0 Å². The molecule has 0 bridgehead atoms. The van der Waals surface area contributed by atoms with Crippen molar-refractivity contribution in [3.05, 3.63) is 48.3 Å². The summed E-state index contributed by atoms with van der Waals surface area (Å²) in [5.74, 6) is -0.347. The molecule has 3 aliphatic rings. The average molecular weight is 480 g/mol. The van der Waals surface area contributed by atoms with Crippen LogP contribution in [0.5, 0.6) is 0 Å². The van der Waals surface area contributed by atoms with E-state index in [1.807, 2.05) is 32.9 Å². The van der Waals surface area contributed by atoms with Gasteiger partial charge in [0.1, 0.15) is 17.3 Å². The molecule has 0 aliphatic carbocycles. The number of hydrogen-bond donors (Lipinski definition) is 2. The molecule has 10 heteroatoms. The SMILES string of the molecule is CC(C)N1c2cc(-c3nc(Nc4ccc(N5CC6(COC6)C5)cn4)ncc3F)cc(F)c2NC1C. The average Bonchev–Trinajstić information content (AvgIpc) is 3.11. The molecule has 2 saturated heterocycles. The lowest BCUT2D eigenvalue weighted by atomic mass is 9.78. The van der Waals surface area contributed by atoms with Gasteiger partial charge in [-0.1, -0.05) is 0 Å². The first-order chi connectivity index (χ1) is 16.8. The molecule has 2 N–H and O–H groups in total. The molecule has 35 heavy (non-hydrogen) atoms. The van der Waals surface area contributed by atoms with E-state index in [-0.39, 0.29) is 23.8 Å². The van der Waals surface area contributed by atoms with Gasteiger partial charge in [0.25, 0.3) is 0 Å². The lowest BCUT2D eigenvalue weighted by Crippen LogP contribution is -2.66. The summed E-state index contributed by atoms with van der Waals surface area (Å²) in [6.45, 7) is 9.65. The van der Waals surface area contributed by atoms with Crippen molar-refractivity contribution in [3.8, 4) is 11.3 Å². The zero-order chi connectivity index (χ0) is 24.3. The predicted octanol–water partition coefficient (Wildman–Crippen LogP) is 4.38. The van der Waals surface area contributed by atoms with Gasteiger partial charge in [-0.25, -0.2) is 23.7 Å². The number of nitrogens with zero attached hydrogens (tertiary/aromatic N) is 5. The Morgan fingerprint density at radius 2 is 1.91 bits per heavy atom. The molecular formula is C25H27F2N7O. The van der Waals surface area contributed by atoms with E-state index in [9.17, 15) is 8.78 Å². The van der Waals surface area contributed by atoms with E-state index < -0.39 is 11.6 Å². The third-order valence-electron chi connectivity index (χ3n) is 6.91. The molecule has 2 aromatic heterocycles. The molecule has 0 amide bonds. The lowest BCUT2D eigenvalue weighted by Gasteiger charge is -2.55. The fourth-order valence-electron chi connectivity index (χ4n) is 5.20. The molecule has 0 radical (unpaired) electrons. The second kappa shape index (κ2) is 8.01. The minimum Gasteiger partial charge on any atom is -0.380 e. The number of ether oxygens (including phenoxy) is 1. The highest BCUT2D eigenvalue weighted by Crippen LogP contribution is 2.42. The highest BCUT2D eigenvalue weighted by Gasteiger charge is 2.49. The van der Waals surface area contributed by atoms with Gasteiger partial charge >= 0.3 is 0 Å². The molecule has 3 aliphatic heterocycles. The normalized spacial score (nSPS) is 19.9. The van der Waals surface area contributed by atoms with Crippen LogP contribution in [0, 0.1) is 17.0 Å². The van der Waals surface area contributed by atoms with Gasteiger partial charge in [0.05, 0.1) is 54.3 Å². The van der Waals surface area contributed by atoms with Crippen molar-refractivity contribution in [1.82, 2.24) is 15.0 Å². The van der Waals surface area contributed by atoms with Crippen molar-refractivity contribution >= 4 is 28.8 Å². The van der Waals surface area contributed by atoms with E-state index in [2.05, 4.69) is 35.4 Å². The number of benzene rings is 1. The Balaban J connectivity index is 1.23. The Morgan fingerprint density at radius 3 is 2.57 bits per heavy atom. The van der Waals surface area contributed by atoms with Crippen LogP contribution in [-0.2, 0) is 4.74 Å². The van der Waals surface area contributed by atoms with E-state index in [4.69, 9.17) is 4.74 Å². The minimum atomic E-state index is -0.625. The van der Waals surface area contributed by atoms with Gasteiger partial charge in [0.15, 0.2) is 5.82 Å². The molecule has 5 heterocycles. The smallest absolute Gasteiger partial charge is 0.229 e. The quantitative estimate of drug-likeness (QED) is 0.558. The van der Waals surface area contributed by atoms with Crippen molar-refractivity contribution in [2.45, 2.75) is 33.0 Å². The van der Waals surface area contributed by atoms with E-state index in [1.54, 1.807) is 12.3 Å². The number of aromatic nitrogens is 3. The molecule has 8 nitrogen and oxygen atoms in total. The number of nitrogens with one attached hydrogen (secondary N) is 2. The molecular weight excluding hydrogens is 452 g/mol.